The minimum atomic E-state index is 0.0958. The Labute approximate surface area is 138 Å². The molecule has 2 heteroatoms. The molecule has 0 rings (SSSR count). The number of nitrogens with zero attached hydrogens (tertiary/aromatic N) is 1. The SMILES string of the molecule is CCCCCCCCCCCCCCCCCC(=O)CC#N. The predicted molar refractivity (Wildman–Crippen MR) is 94.8 cm³/mol. The Hall–Kier alpha value is -0.840. The first kappa shape index (κ1) is 21.2. The lowest BCUT2D eigenvalue weighted by Crippen LogP contribution is -1.95. The van der Waals surface area contributed by atoms with Crippen LogP contribution in [-0.4, -0.2) is 5.78 Å². The zero-order valence-corrected chi connectivity index (χ0v) is 14.9. The van der Waals surface area contributed by atoms with Crippen molar-refractivity contribution in [1.29, 1.82) is 5.26 Å². The molecule has 0 radical (unpaired) electrons. The van der Waals surface area contributed by atoms with Crippen LogP contribution < -0.4 is 0 Å². The van der Waals surface area contributed by atoms with Crippen LogP contribution in [0.4, 0.5) is 0 Å². The number of nitriles is 1. The van der Waals surface area contributed by atoms with Gasteiger partial charge in [-0.05, 0) is 6.42 Å². The van der Waals surface area contributed by atoms with Gasteiger partial charge in [0.25, 0.3) is 0 Å². The lowest BCUT2D eigenvalue weighted by atomic mass is 10.0. The second kappa shape index (κ2) is 18.2. The molecule has 0 unspecified atom stereocenters. The minimum Gasteiger partial charge on any atom is -0.299 e. The Morgan fingerprint density at radius 1 is 0.682 bits per heavy atom. The van der Waals surface area contributed by atoms with Gasteiger partial charge in [0, 0.05) is 6.42 Å². The van der Waals surface area contributed by atoms with E-state index >= 15 is 0 Å². The van der Waals surface area contributed by atoms with Gasteiger partial charge in [0.15, 0.2) is 0 Å². The topological polar surface area (TPSA) is 40.9 Å². The highest BCUT2D eigenvalue weighted by Crippen LogP contribution is 2.13. The Bertz CT molecular complexity index is 280. The molecule has 22 heavy (non-hydrogen) atoms. The van der Waals surface area contributed by atoms with Gasteiger partial charge in [-0.2, -0.15) is 5.26 Å². The summed E-state index contributed by atoms with van der Waals surface area (Å²) in [5, 5.41) is 8.39. The molecule has 0 aliphatic heterocycles. The maximum atomic E-state index is 11.2. The molecule has 0 saturated heterocycles. The summed E-state index contributed by atoms with van der Waals surface area (Å²) < 4.78 is 0. The number of ketones is 1. The summed E-state index contributed by atoms with van der Waals surface area (Å²) >= 11 is 0. The molecule has 0 spiro atoms. The molecule has 0 atom stereocenters. The first-order chi connectivity index (χ1) is 10.8. The fraction of sp³-hybridized carbons (Fsp3) is 0.900. The van der Waals surface area contributed by atoms with E-state index in [2.05, 4.69) is 6.92 Å². The Balaban J connectivity index is 3.03. The molecule has 0 aliphatic carbocycles. The van der Waals surface area contributed by atoms with Crippen LogP contribution in [0.25, 0.3) is 0 Å². The molecular formula is C20H37NO. The fourth-order valence-corrected chi connectivity index (χ4v) is 2.87. The van der Waals surface area contributed by atoms with E-state index in [4.69, 9.17) is 5.26 Å². The summed E-state index contributed by atoms with van der Waals surface area (Å²) in [6, 6.07) is 1.92. The van der Waals surface area contributed by atoms with Crippen LogP contribution in [0.2, 0.25) is 0 Å². The molecule has 0 fully saturated rings. The van der Waals surface area contributed by atoms with Gasteiger partial charge in [0.05, 0.1) is 12.5 Å². The van der Waals surface area contributed by atoms with Gasteiger partial charge in [0.1, 0.15) is 5.78 Å². The Kier molecular flexibility index (Phi) is 17.5. The molecule has 0 aliphatic rings. The van der Waals surface area contributed by atoms with Gasteiger partial charge < -0.3 is 0 Å². The summed E-state index contributed by atoms with van der Waals surface area (Å²) in [7, 11) is 0. The van der Waals surface area contributed by atoms with Gasteiger partial charge in [-0.1, -0.05) is 96.8 Å². The quantitative estimate of drug-likeness (QED) is 0.279. The van der Waals surface area contributed by atoms with Gasteiger partial charge in [0.2, 0.25) is 0 Å². The molecular weight excluding hydrogens is 270 g/mol. The van der Waals surface area contributed by atoms with Gasteiger partial charge in [-0.3, -0.25) is 4.79 Å². The van der Waals surface area contributed by atoms with Crippen molar-refractivity contribution >= 4 is 5.78 Å². The molecule has 0 aromatic rings. The van der Waals surface area contributed by atoms with Crippen LogP contribution in [0.1, 0.15) is 116 Å². The van der Waals surface area contributed by atoms with Crippen LogP contribution in [-0.2, 0) is 4.79 Å². The van der Waals surface area contributed by atoms with E-state index in [0.717, 1.165) is 12.8 Å². The minimum absolute atomic E-state index is 0.0958. The van der Waals surface area contributed by atoms with E-state index in [-0.39, 0.29) is 12.2 Å². The lowest BCUT2D eigenvalue weighted by molar-refractivity contribution is -0.118. The van der Waals surface area contributed by atoms with E-state index < -0.39 is 0 Å². The largest absolute Gasteiger partial charge is 0.299 e. The summed E-state index contributed by atoms with van der Waals surface area (Å²) in [4.78, 5) is 11.2. The van der Waals surface area contributed by atoms with Crippen molar-refractivity contribution in [2.75, 3.05) is 0 Å². The van der Waals surface area contributed by atoms with Crippen LogP contribution in [0.3, 0.4) is 0 Å². The van der Waals surface area contributed by atoms with Gasteiger partial charge in [-0.25, -0.2) is 0 Å². The van der Waals surface area contributed by atoms with E-state index in [9.17, 15) is 4.79 Å². The molecule has 2 nitrogen and oxygen atoms in total. The number of Topliss-reactive ketones (excluding diaryl/α,β-unsaturated/α-hetero) is 1. The fourth-order valence-electron chi connectivity index (χ4n) is 2.87. The second-order valence-electron chi connectivity index (χ2n) is 6.57. The molecule has 0 amide bonds. The first-order valence-electron chi connectivity index (χ1n) is 9.70. The highest BCUT2D eigenvalue weighted by molar-refractivity contribution is 5.80. The third-order valence-electron chi connectivity index (χ3n) is 4.34. The van der Waals surface area contributed by atoms with Crippen molar-refractivity contribution < 1.29 is 4.79 Å². The van der Waals surface area contributed by atoms with Crippen molar-refractivity contribution in [3.63, 3.8) is 0 Å². The maximum Gasteiger partial charge on any atom is 0.146 e. The summed E-state index contributed by atoms with van der Waals surface area (Å²) in [6.45, 7) is 2.27. The molecule has 0 aromatic carbocycles. The zero-order chi connectivity index (χ0) is 16.3. The number of hydrogen-bond acceptors (Lipinski definition) is 2. The smallest absolute Gasteiger partial charge is 0.146 e. The van der Waals surface area contributed by atoms with Crippen molar-refractivity contribution in [2.24, 2.45) is 0 Å². The lowest BCUT2D eigenvalue weighted by Gasteiger charge is -2.03. The van der Waals surface area contributed by atoms with E-state index in [0.29, 0.717) is 6.42 Å². The molecule has 0 N–H and O–H groups in total. The zero-order valence-electron chi connectivity index (χ0n) is 14.9. The van der Waals surface area contributed by atoms with Crippen LogP contribution in [0, 0.1) is 11.3 Å². The summed E-state index contributed by atoms with van der Waals surface area (Å²) in [5.41, 5.74) is 0. The average molecular weight is 308 g/mol. The van der Waals surface area contributed by atoms with Crippen LogP contribution in [0.15, 0.2) is 0 Å². The molecule has 0 bridgehead atoms. The van der Waals surface area contributed by atoms with Crippen LogP contribution in [0.5, 0.6) is 0 Å². The monoisotopic (exact) mass is 307 g/mol. The Morgan fingerprint density at radius 3 is 1.41 bits per heavy atom. The second-order valence-corrected chi connectivity index (χ2v) is 6.57. The number of carbonyl (C=O) groups is 1. The maximum absolute atomic E-state index is 11.2. The average Bonchev–Trinajstić information content (AvgIpc) is 2.51. The van der Waals surface area contributed by atoms with E-state index in [1.165, 1.54) is 83.5 Å². The number of rotatable bonds is 17. The van der Waals surface area contributed by atoms with Crippen molar-refractivity contribution in [3.05, 3.63) is 0 Å². The summed E-state index contributed by atoms with van der Waals surface area (Å²) in [5.74, 6) is 0.109. The van der Waals surface area contributed by atoms with E-state index in [1.807, 2.05) is 6.07 Å². The predicted octanol–water partition coefficient (Wildman–Crippen LogP) is 6.73. The van der Waals surface area contributed by atoms with Crippen molar-refractivity contribution in [3.8, 4) is 6.07 Å². The summed E-state index contributed by atoms with van der Waals surface area (Å²) in [6.07, 6.45) is 20.8. The standard InChI is InChI=1S/C20H37NO/c1-2-3-4-5-6-7-8-9-10-11-12-13-14-15-16-17-20(22)18-19-21/h2-18H2,1H3. The molecule has 0 aromatic heterocycles. The van der Waals surface area contributed by atoms with E-state index in [1.54, 1.807) is 0 Å². The van der Waals surface area contributed by atoms with Crippen LogP contribution >= 0.6 is 0 Å². The van der Waals surface area contributed by atoms with Gasteiger partial charge >= 0.3 is 0 Å². The van der Waals surface area contributed by atoms with Crippen molar-refractivity contribution in [2.45, 2.75) is 116 Å². The number of carbonyl (C=O) groups excluding carboxylic acids is 1. The van der Waals surface area contributed by atoms with Gasteiger partial charge in [-0.15, -0.1) is 0 Å². The highest BCUT2D eigenvalue weighted by atomic mass is 16.1. The third kappa shape index (κ3) is 17.2. The highest BCUT2D eigenvalue weighted by Gasteiger charge is 2.00. The molecule has 128 valence electrons. The first-order valence-corrected chi connectivity index (χ1v) is 9.70. The third-order valence-corrected chi connectivity index (χ3v) is 4.34. The number of hydrogen-bond donors (Lipinski definition) is 0. The molecule has 0 saturated carbocycles. The Morgan fingerprint density at radius 2 is 1.05 bits per heavy atom. The number of unbranched alkanes of at least 4 members (excludes halogenated alkanes) is 14. The van der Waals surface area contributed by atoms with Crippen molar-refractivity contribution in [1.82, 2.24) is 0 Å². The normalized spacial score (nSPS) is 10.5. The molecule has 0 heterocycles.